The minimum Gasteiger partial charge on any atom is -0.291 e. The molecule has 0 atom stereocenters. The minimum atomic E-state index is -1.14. The van der Waals surface area contributed by atoms with Gasteiger partial charge in [0, 0.05) is 27.6 Å². The van der Waals surface area contributed by atoms with Gasteiger partial charge in [-0.2, -0.15) is 0 Å². The summed E-state index contributed by atoms with van der Waals surface area (Å²) in [4.78, 5) is 20.9. The Labute approximate surface area is 379 Å². The van der Waals surface area contributed by atoms with Crippen molar-refractivity contribution < 1.29 is 0 Å². The molecule has 0 unspecified atom stereocenters. The molecule has 0 saturated heterocycles. The van der Waals surface area contributed by atoms with Crippen LogP contribution in [0.4, 0.5) is 28.6 Å². The van der Waals surface area contributed by atoms with Gasteiger partial charge < -0.3 is 0 Å². The number of anilines is 3. The predicted octanol–water partition coefficient (Wildman–Crippen LogP) is 15.2. The largest absolute Gasteiger partial charge is 0.291 e. The number of hydrogen-bond acceptors (Lipinski definition) is 4. The molecule has 1 aliphatic rings. The van der Waals surface area contributed by atoms with E-state index in [4.69, 9.17) is 9.98 Å². The Hall–Kier alpha value is -8.67. The highest BCUT2D eigenvalue weighted by Gasteiger charge is 2.56. The lowest BCUT2D eigenvalue weighted by Crippen LogP contribution is -2.56. The van der Waals surface area contributed by atoms with Crippen LogP contribution in [0, 0.1) is 0 Å². The van der Waals surface area contributed by atoms with Gasteiger partial charge in [0.05, 0.1) is 28.3 Å². The van der Waals surface area contributed by atoms with Crippen molar-refractivity contribution >= 4 is 52.0 Å². The highest BCUT2D eigenvalue weighted by atomic mass is 15.5. The smallest absolute Gasteiger partial charge is 0.177 e. The fourth-order valence-electron chi connectivity index (χ4n) is 9.40. The maximum Gasteiger partial charge on any atom is 0.177 e. The van der Waals surface area contributed by atoms with Gasteiger partial charge in [-0.1, -0.05) is 212 Å². The topological polar surface area (TPSA) is 44.1 Å². The van der Waals surface area contributed by atoms with Gasteiger partial charge in [-0.3, -0.25) is 14.8 Å². The molecule has 0 fully saturated rings. The number of fused-ring (bicyclic) bond motifs is 2. The summed E-state index contributed by atoms with van der Waals surface area (Å²) >= 11 is 0. The van der Waals surface area contributed by atoms with Crippen molar-refractivity contribution in [3.05, 3.63) is 265 Å². The maximum atomic E-state index is 5.78. The van der Waals surface area contributed by atoms with Crippen molar-refractivity contribution in [2.24, 2.45) is 9.98 Å². The molecule has 0 spiro atoms. The molecule has 5 heteroatoms. The van der Waals surface area contributed by atoms with Crippen LogP contribution in [0.1, 0.15) is 16.7 Å². The molecule has 0 bridgehead atoms. The van der Waals surface area contributed by atoms with E-state index in [1.165, 1.54) is 0 Å². The molecular weight excluding hydrogens is 791 g/mol. The first-order chi connectivity index (χ1) is 32.2. The van der Waals surface area contributed by atoms with Gasteiger partial charge in [-0.25, -0.2) is 9.98 Å². The van der Waals surface area contributed by atoms with Crippen molar-refractivity contribution in [1.29, 1.82) is 0 Å². The fourth-order valence-corrected chi connectivity index (χ4v) is 9.40. The van der Waals surface area contributed by atoms with Gasteiger partial charge in [0.15, 0.2) is 5.66 Å². The van der Waals surface area contributed by atoms with Crippen LogP contribution in [0.3, 0.4) is 0 Å². The summed E-state index contributed by atoms with van der Waals surface area (Å²) in [6, 6.07) is 87.6. The Balaban J connectivity index is 1.38. The third kappa shape index (κ3) is 6.87. The lowest BCUT2D eigenvalue weighted by molar-refractivity contribution is 0.566. The highest BCUT2D eigenvalue weighted by molar-refractivity contribution is 6.18. The van der Waals surface area contributed by atoms with E-state index >= 15 is 0 Å². The van der Waals surface area contributed by atoms with Crippen LogP contribution in [-0.4, -0.2) is 17.5 Å². The summed E-state index contributed by atoms with van der Waals surface area (Å²) in [6.07, 6.45) is 0. The highest BCUT2D eigenvalue weighted by Crippen LogP contribution is 2.60. The number of amidine groups is 1. The van der Waals surface area contributed by atoms with E-state index in [1.807, 2.05) is 24.3 Å². The SMILES string of the molecule is C=Nc1ccccc1N=C(c1ccccc1)N1c2cc(-c3ccccc3)c(-c3ccccc3)cc2N(c2nc3ccccc3cc2-c2ccccc2)C1(c1ccccc1)c1ccccc1. The number of benzene rings is 9. The van der Waals surface area contributed by atoms with Crippen LogP contribution >= 0.6 is 0 Å². The van der Waals surface area contributed by atoms with E-state index in [2.05, 4.69) is 246 Å². The summed E-state index contributed by atoms with van der Waals surface area (Å²) in [7, 11) is 0. The molecular formula is C60H43N5. The van der Waals surface area contributed by atoms with Crippen LogP contribution in [0.15, 0.2) is 259 Å². The Morgan fingerprint density at radius 2 is 0.877 bits per heavy atom. The third-order valence-electron chi connectivity index (χ3n) is 12.3. The molecule has 5 nitrogen and oxygen atoms in total. The second kappa shape index (κ2) is 16.9. The molecule has 65 heavy (non-hydrogen) atoms. The number of pyridine rings is 1. The molecule has 0 amide bonds. The van der Waals surface area contributed by atoms with Crippen LogP contribution < -0.4 is 9.80 Å². The first kappa shape index (κ1) is 39.2. The monoisotopic (exact) mass is 833 g/mol. The summed E-state index contributed by atoms with van der Waals surface area (Å²) < 4.78 is 0. The zero-order chi connectivity index (χ0) is 43.6. The number of aromatic nitrogens is 1. The van der Waals surface area contributed by atoms with E-state index in [0.29, 0.717) is 11.4 Å². The summed E-state index contributed by atoms with van der Waals surface area (Å²) in [5.74, 6) is 1.53. The van der Waals surface area contributed by atoms with Crippen molar-refractivity contribution in [3.8, 4) is 33.4 Å². The first-order valence-corrected chi connectivity index (χ1v) is 21.9. The molecule has 0 N–H and O–H groups in total. The van der Waals surface area contributed by atoms with Crippen LogP contribution in [0.2, 0.25) is 0 Å². The molecule has 0 saturated carbocycles. The van der Waals surface area contributed by atoms with E-state index in [1.54, 1.807) is 0 Å². The summed E-state index contributed by atoms with van der Waals surface area (Å²) in [5.41, 5.74) is 12.5. The molecule has 0 aliphatic carbocycles. The lowest BCUT2D eigenvalue weighted by Gasteiger charge is -2.47. The number of hydrogen-bond donors (Lipinski definition) is 0. The number of para-hydroxylation sites is 3. The molecule has 0 radical (unpaired) electrons. The summed E-state index contributed by atoms with van der Waals surface area (Å²) in [6.45, 7) is 3.98. The van der Waals surface area contributed by atoms with Gasteiger partial charge in [-0.15, -0.1) is 0 Å². The van der Waals surface area contributed by atoms with Crippen LogP contribution in [-0.2, 0) is 5.66 Å². The van der Waals surface area contributed by atoms with Gasteiger partial charge in [0.2, 0.25) is 0 Å². The van der Waals surface area contributed by atoms with Gasteiger partial charge in [-0.05, 0) is 70.9 Å². The molecule has 10 aromatic rings. The van der Waals surface area contributed by atoms with Crippen molar-refractivity contribution in [2.45, 2.75) is 5.66 Å². The van der Waals surface area contributed by atoms with E-state index in [9.17, 15) is 0 Å². The van der Waals surface area contributed by atoms with Gasteiger partial charge in [0.25, 0.3) is 0 Å². The molecule has 1 aliphatic heterocycles. The predicted molar refractivity (Wildman–Crippen MR) is 271 cm³/mol. The van der Waals surface area contributed by atoms with Crippen molar-refractivity contribution in [3.63, 3.8) is 0 Å². The Morgan fingerprint density at radius 1 is 0.431 bits per heavy atom. The van der Waals surface area contributed by atoms with Crippen molar-refractivity contribution in [1.82, 2.24) is 4.98 Å². The lowest BCUT2D eigenvalue weighted by atomic mass is 9.87. The quantitative estimate of drug-likeness (QED) is 0.107. The standard InChI is InChI=1S/C60H43N5/c1-61-54-38-22-23-39-55(54)63-58(46-30-14-5-15-31-46)64-56-41-50(43-24-8-2-9-25-43)51(44-26-10-3-11-27-44)42-57(56)65(60(64,48-33-16-6-17-34-48)49-35-18-7-19-36-49)59-52(45-28-12-4-13-29-45)40-47-32-20-21-37-53(47)62-59/h2-42H,1H2. The van der Waals surface area contributed by atoms with E-state index < -0.39 is 5.66 Å². The Kier molecular flexibility index (Phi) is 10.2. The van der Waals surface area contributed by atoms with E-state index in [0.717, 1.165) is 84.0 Å². The molecule has 1 aromatic heterocycles. The Morgan fingerprint density at radius 3 is 1.43 bits per heavy atom. The van der Waals surface area contributed by atoms with Crippen LogP contribution in [0.5, 0.6) is 0 Å². The molecule has 9 aromatic carbocycles. The number of rotatable bonds is 9. The number of aliphatic imine (C=N–C) groups is 2. The zero-order valence-electron chi connectivity index (χ0n) is 35.6. The first-order valence-electron chi connectivity index (χ1n) is 21.9. The van der Waals surface area contributed by atoms with Crippen molar-refractivity contribution in [2.75, 3.05) is 9.80 Å². The molecule has 2 heterocycles. The second-order valence-electron chi connectivity index (χ2n) is 16.1. The van der Waals surface area contributed by atoms with E-state index in [-0.39, 0.29) is 0 Å². The maximum absolute atomic E-state index is 5.78. The average Bonchev–Trinajstić information content (AvgIpc) is 3.69. The fraction of sp³-hybridized carbons (Fsp3) is 0.0167. The molecule has 308 valence electrons. The third-order valence-corrected chi connectivity index (χ3v) is 12.3. The average molecular weight is 834 g/mol. The number of nitrogens with zero attached hydrogens (tertiary/aromatic N) is 5. The zero-order valence-corrected chi connectivity index (χ0v) is 35.6. The molecule has 11 rings (SSSR count). The van der Waals surface area contributed by atoms with Gasteiger partial charge >= 0.3 is 0 Å². The normalized spacial score (nSPS) is 13.1. The van der Waals surface area contributed by atoms with Crippen LogP contribution in [0.25, 0.3) is 44.3 Å². The second-order valence-corrected chi connectivity index (χ2v) is 16.1. The minimum absolute atomic E-state index is 0.689. The van der Waals surface area contributed by atoms with Gasteiger partial charge in [0.1, 0.15) is 11.7 Å². The summed E-state index contributed by atoms with van der Waals surface area (Å²) in [5, 5.41) is 1.06. The Bertz CT molecular complexity index is 3280.